The van der Waals surface area contributed by atoms with Crippen LogP contribution in [0, 0.1) is 0 Å². The van der Waals surface area contributed by atoms with Gasteiger partial charge in [0.2, 0.25) is 10.6 Å². The maximum Gasteiger partial charge on any atom is 0.327 e. The lowest BCUT2D eigenvalue weighted by Crippen LogP contribution is -1.95. The normalized spacial score (nSPS) is 10.2. The molecule has 0 aliphatic carbocycles. The SMILES string of the molecule is CCOc1ccc(Oc2nc(Cl)nc(Cl)n2)cc1. The van der Waals surface area contributed by atoms with Gasteiger partial charge in [-0.05, 0) is 54.4 Å². The predicted molar refractivity (Wildman–Crippen MR) is 67.5 cm³/mol. The largest absolute Gasteiger partial charge is 0.494 e. The summed E-state index contributed by atoms with van der Waals surface area (Å²) < 4.78 is 10.7. The summed E-state index contributed by atoms with van der Waals surface area (Å²) in [6, 6.07) is 7.07. The topological polar surface area (TPSA) is 57.1 Å². The van der Waals surface area contributed by atoms with Crippen LogP contribution in [0.5, 0.6) is 17.5 Å². The van der Waals surface area contributed by atoms with Gasteiger partial charge in [-0.25, -0.2) is 0 Å². The molecule has 0 amide bonds. The summed E-state index contributed by atoms with van der Waals surface area (Å²) in [5.41, 5.74) is 0. The third kappa shape index (κ3) is 3.45. The van der Waals surface area contributed by atoms with Gasteiger partial charge in [0.1, 0.15) is 11.5 Å². The number of benzene rings is 1. The van der Waals surface area contributed by atoms with Crippen LogP contribution < -0.4 is 9.47 Å². The van der Waals surface area contributed by atoms with Crippen LogP contribution in [0.4, 0.5) is 0 Å². The zero-order valence-electron chi connectivity index (χ0n) is 9.43. The first-order valence-electron chi connectivity index (χ1n) is 5.15. The van der Waals surface area contributed by atoms with Crippen molar-refractivity contribution in [1.29, 1.82) is 0 Å². The maximum atomic E-state index is 5.64. The van der Waals surface area contributed by atoms with Crippen molar-refractivity contribution in [3.8, 4) is 17.5 Å². The molecule has 0 aliphatic heterocycles. The Morgan fingerprint density at radius 1 is 0.944 bits per heavy atom. The van der Waals surface area contributed by atoms with Crippen LogP contribution >= 0.6 is 23.2 Å². The second kappa shape index (κ2) is 5.84. The van der Waals surface area contributed by atoms with E-state index in [1.54, 1.807) is 24.3 Å². The van der Waals surface area contributed by atoms with E-state index in [1.807, 2.05) is 6.92 Å². The Morgan fingerprint density at radius 2 is 1.50 bits per heavy atom. The van der Waals surface area contributed by atoms with Gasteiger partial charge in [0.05, 0.1) is 6.61 Å². The number of halogens is 2. The van der Waals surface area contributed by atoms with Crippen LogP contribution in [0.1, 0.15) is 6.92 Å². The van der Waals surface area contributed by atoms with Crippen molar-refractivity contribution < 1.29 is 9.47 Å². The molecule has 0 unspecified atom stereocenters. The first-order valence-corrected chi connectivity index (χ1v) is 5.91. The monoisotopic (exact) mass is 285 g/mol. The molecular weight excluding hydrogens is 277 g/mol. The molecule has 2 rings (SSSR count). The van der Waals surface area contributed by atoms with Crippen LogP contribution in [0.25, 0.3) is 0 Å². The summed E-state index contributed by atoms with van der Waals surface area (Å²) in [6.45, 7) is 2.53. The molecule has 94 valence electrons. The Hall–Kier alpha value is -1.59. The third-order valence-electron chi connectivity index (χ3n) is 1.90. The zero-order chi connectivity index (χ0) is 13.0. The highest BCUT2D eigenvalue weighted by Crippen LogP contribution is 2.22. The van der Waals surface area contributed by atoms with Crippen molar-refractivity contribution in [3.05, 3.63) is 34.8 Å². The molecule has 0 saturated carbocycles. The quantitative estimate of drug-likeness (QED) is 0.862. The second-order valence-corrected chi connectivity index (χ2v) is 3.84. The number of rotatable bonds is 4. The van der Waals surface area contributed by atoms with Crippen molar-refractivity contribution in [2.75, 3.05) is 6.61 Å². The van der Waals surface area contributed by atoms with Gasteiger partial charge in [-0.15, -0.1) is 0 Å². The van der Waals surface area contributed by atoms with Gasteiger partial charge in [0, 0.05) is 0 Å². The average Bonchev–Trinajstić information content (AvgIpc) is 2.31. The molecule has 18 heavy (non-hydrogen) atoms. The smallest absolute Gasteiger partial charge is 0.327 e. The molecule has 0 radical (unpaired) electrons. The lowest BCUT2D eigenvalue weighted by Gasteiger charge is -2.05. The van der Waals surface area contributed by atoms with Crippen LogP contribution in [0.2, 0.25) is 10.6 Å². The third-order valence-corrected chi connectivity index (χ3v) is 2.24. The van der Waals surface area contributed by atoms with Crippen molar-refractivity contribution in [2.24, 2.45) is 0 Å². The molecule has 0 saturated heterocycles. The second-order valence-electron chi connectivity index (χ2n) is 3.16. The molecule has 0 fully saturated rings. The number of ether oxygens (including phenoxy) is 2. The standard InChI is InChI=1S/C11H9Cl2N3O2/c1-2-17-7-3-5-8(6-4-7)18-11-15-9(12)14-10(13)16-11/h3-6H,2H2,1H3. The number of hydrogen-bond acceptors (Lipinski definition) is 5. The molecule has 0 N–H and O–H groups in total. The summed E-state index contributed by atoms with van der Waals surface area (Å²) >= 11 is 11.3. The highest BCUT2D eigenvalue weighted by atomic mass is 35.5. The fourth-order valence-corrected chi connectivity index (χ4v) is 1.58. The van der Waals surface area contributed by atoms with E-state index in [0.29, 0.717) is 12.4 Å². The average molecular weight is 286 g/mol. The van der Waals surface area contributed by atoms with E-state index in [0.717, 1.165) is 5.75 Å². The predicted octanol–water partition coefficient (Wildman–Crippen LogP) is 3.37. The van der Waals surface area contributed by atoms with Gasteiger partial charge in [-0.1, -0.05) is 0 Å². The fraction of sp³-hybridized carbons (Fsp3) is 0.182. The van der Waals surface area contributed by atoms with Crippen molar-refractivity contribution in [1.82, 2.24) is 15.0 Å². The van der Waals surface area contributed by atoms with Gasteiger partial charge < -0.3 is 9.47 Å². The van der Waals surface area contributed by atoms with E-state index >= 15 is 0 Å². The van der Waals surface area contributed by atoms with Crippen LogP contribution in [0.15, 0.2) is 24.3 Å². The summed E-state index contributed by atoms with van der Waals surface area (Å²) in [4.78, 5) is 11.2. The lowest BCUT2D eigenvalue weighted by atomic mass is 10.3. The summed E-state index contributed by atoms with van der Waals surface area (Å²) in [6.07, 6.45) is 0. The Balaban J connectivity index is 2.13. The molecule has 0 atom stereocenters. The van der Waals surface area contributed by atoms with Crippen molar-refractivity contribution in [3.63, 3.8) is 0 Å². The van der Waals surface area contributed by atoms with E-state index in [2.05, 4.69) is 15.0 Å². The highest BCUT2D eigenvalue weighted by Gasteiger charge is 2.05. The molecule has 0 bridgehead atoms. The van der Waals surface area contributed by atoms with E-state index < -0.39 is 0 Å². The van der Waals surface area contributed by atoms with Gasteiger partial charge >= 0.3 is 6.01 Å². The fourth-order valence-electron chi connectivity index (χ4n) is 1.23. The number of nitrogens with zero attached hydrogens (tertiary/aromatic N) is 3. The van der Waals surface area contributed by atoms with Gasteiger partial charge in [-0.2, -0.15) is 15.0 Å². The Kier molecular flexibility index (Phi) is 4.17. The summed E-state index contributed by atoms with van der Waals surface area (Å²) in [5, 5.41) is -0.0353. The van der Waals surface area contributed by atoms with E-state index in [1.165, 1.54) is 0 Å². The van der Waals surface area contributed by atoms with Gasteiger partial charge in [0.15, 0.2) is 0 Å². The summed E-state index contributed by atoms with van der Waals surface area (Å²) in [5.74, 6) is 1.31. The van der Waals surface area contributed by atoms with Crippen molar-refractivity contribution in [2.45, 2.75) is 6.92 Å². The van der Waals surface area contributed by atoms with E-state index in [4.69, 9.17) is 32.7 Å². The molecule has 1 aromatic heterocycles. The van der Waals surface area contributed by atoms with E-state index in [9.17, 15) is 0 Å². The molecule has 7 heteroatoms. The van der Waals surface area contributed by atoms with E-state index in [-0.39, 0.29) is 16.6 Å². The molecule has 2 aromatic rings. The maximum absolute atomic E-state index is 5.64. The van der Waals surface area contributed by atoms with Crippen LogP contribution in [-0.2, 0) is 0 Å². The first kappa shape index (κ1) is 12.9. The highest BCUT2D eigenvalue weighted by molar-refractivity contribution is 6.31. The molecule has 5 nitrogen and oxygen atoms in total. The molecule has 1 aromatic carbocycles. The van der Waals surface area contributed by atoms with Crippen molar-refractivity contribution >= 4 is 23.2 Å². The van der Waals surface area contributed by atoms with Crippen LogP contribution in [-0.4, -0.2) is 21.6 Å². The minimum Gasteiger partial charge on any atom is -0.494 e. The lowest BCUT2D eigenvalue weighted by molar-refractivity contribution is 0.339. The Morgan fingerprint density at radius 3 is 2.06 bits per heavy atom. The van der Waals surface area contributed by atoms with Gasteiger partial charge in [0.25, 0.3) is 0 Å². The number of hydrogen-bond donors (Lipinski definition) is 0. The minimum atomic E-state index is -0.0177. The Labute approximate surface area is 114 Å². The van der Waals surface area contributed by atoms with Crippen LogP contribution in [0.3, 0.4) is 0 Å². The zero-order valence-corrected chi connectivity index (χ0v) is 10.9. The Bertz CT molecular complexity index is 514. The first-order chi connectivity index (χ1) is 8.67. The molecular formula is C11H9Cl2N3O2. The van der Waals surface area contributed by atoms with Gasteiger partial charge in [-0.3, -0.25) is 0 Å². The molecule has 0 aliphatic rings. The number of aromatic nitrogens is 3. The minimum absolute atomic E-state index is 0.0177. The molecule has 0 spiro atoms. The molecule has 1 heterocycles. The summed E-state index contributed by atoms with van der Waals surface area (Å²) in [7, 11) is 0.